The van der Waals surface area contributed by atoms with Crippen LogP contribution in [-0.2, 0) is 11.2 Å². The number of anilines is 1. The lowest BCUT2D eigenvalue weighted by Crippen LogP contribution is -2.12. The van der Waals surface area contributed by atoms with Gasteiger partial charge in [0.25, 0.3) is 0 Å². The van der Waals surface area contributed by atoms with Crippen LogP contribution in [0.4, 0.5) is 5.69 Å². The lowest BCUT2D eigenvalue weighted by molar-refractivity contribution is -0.116. The highest BCUT2D eigenvalue weighted by Crippen LogP contribution is 2.30. The van der Waals surface area contributed by atoms with Gasteiger partial charge in [-0.2, -0.15) is 0 Å². The number of nitrogens with one attached hydrogen (secondary N) is 1. The third-order valence-electron chi connectivity index (χ3n) is 3.47. The zero-order chi connectivity index (χ0) is 18.2. The van der Waals surface area contributed by atoms with Crippen LogP contribution >= 0.6 is 23.2 Å². The number of hydrogen-bond acceptors (Lipinski definition) is 3. The van der Waals surface area contributed by atoms with E-state index in [0.717, 1.165) is 5.56 Å². The first-order valence-electron chi connectivity index (χ1n) is 8.17. The summed E-state index contributed by atoms with van der Waals surface area (Å²) in [6, 6.07) is 10.9. The number of halogens is 2. The average molecular weight is 382 g/mol. The predicted molar refractivity (Wildman–Crippen MR) is 102 cm³/mol. The number of aryl methyl sites for hydroxylation is 1. The number of hydrogen-bond donors (Lipinski definition) is 1. The molecule has 0 aromatic heterocycles. The fourth-order valence-electron chi connectivity index (χ4n) is 2.32. The zero-order valence-corrected chi connectivity index (χ0v) is 15.8. The van der Waals surface area contributed by atoms with Crippen LogP contribution in [0.2, 0.25) is 10.0 Å². The molecule has 0 heterocycles. The standard InChI is InChI=1S/C19H21Cl2NO3/c1-3-24-16-10-8-13(12-17(16)25-4-2)9-11-18(23)22-15-7-5-6-14(20)19(15)21/h5-8,10,12H,3-4,9,11H2,1-2H3,(H,22,23). The van der Waals surface area contributed by atoms with Crippen molar-refractivity contribution in [1.82, 2.24) is 0 Å². The van der Waals surface area contributed by atoms with Gasteiger partial charge in [0.2, 0.25) is 5.91 Å². The van der Waals surface area contributed by atoms with Crippen LogP contribution in [-0.4, -0.2) is 19.1 Å². The summed E-state index contributed by atoms with van der Waals surface area (Å²) in [5.74, 6) is 1.28. The first kappa shape index (κ1) is 19.4. The van der Waals surface area contributed by atoms with Crippen molar-refractivity contribution in [2.45, 2.75) is 26.7 Å². The Kier molecular flexibility index (Phi) is 7.41. The topological polar surface area (TPSA) is 47.6 Å². The molecule has 0 aliphatic carbocycles. The molecule has 0 saturated carbocycles. The number of carbonyl (C=O) groups excluding carboxylic acids is 1. The van der Waals surface area contributed by atoms with E-state index in [1.807, 2.05) is 32.0 Å². The van der Waals surface area contributed by atoms with Gasteiger partial charge in [-0.25, -0.2) is 0 Å². The van der Waals surface area contributed by atoms with Crippen molar-refractivity contribution in [3.05, 3.63) is 52.0 Å². The van der Waals surface area contributed by atoms with E-state index in [1.165, 1.54) is 0 Å². The van der Waals surface area contributed by atoms with E-state index in [-0.39, 0.29) is 5.91 Å². The van der Waals surface area contributed by atoms with Gasteiger partial charge in [-0.05, 0) is 50.1 Å². The highest BCUT2D eigenvalue weighted by atomic mass is 35.5. The van der Waals surface area contributed by atoms with Crippen LogP contribution in [0, 0.1) is 0 Å². The lowest BCUT2D eigenvalue weighted by atomic mass is 10.1. The lowest BCUT2D eigenvalue weighted by Gasteiger charge is -2.12. The van der Waals surface area contributed by atoms with Crippen molar-refractivity contribution in [3.8, 4) is 11.5 Å². The third-order valence-corrected chi connectivity index (χ3v) is 4.29. The van der Waals surface area contributed by atoms with Crippen molar-refractivity contribution >= 4 is 34.8 Å². The molecule has 1 amide bonds. The second-order valence-electron chi connectivity index (χ2n) is 5.30. The number of benzene rings is 2. The molecule has 0 fully saturated rings. The van der Waals surface area contributed by atoms with Gasteiger partial charge < -0.3 is 14.8 Å². The summed E-state index contributed by atoms with van der Waals surface area (Å²) in [5, 5.41) is 3.54. The molecule has 0 unspecified atom stereocenters. The quantitative estimate of drug-likeness (QED) is 0.669. The van der Waals surface area contributed by atoms with Crippen LogP contribution in [0.5, 0.6) is 11.5 Å². The molecule has 6 heteroatoms. The molecule has 0 radical (unpaired) electrons. The van der Waals surface area contributed by atoms with E-state index in [4.69, 9.17) is 32.7 Å². The normalized spacial score (nSPS) is 10.4. The van der Waals surface area contributed by atoms with Crippen molar-refractivity contribution in [1.29, 1.82) is 0 Å². The average Bonchev–Trinajstić information content (AvgIpc) is 2.59. The molecule has 2 aromatic rings. The number of carbonyl (C=O) groups is 1. The van der Waals surface area contributed by atoms with Gasteiger partial charge in [0.15, 0.2) is 11.5 Å². The van der Waals surface area contributed by atoms with E-state index < -0.39 is 0 Å². The first-order valence-corrected chi connectivity index (χ1v) is 8.93. The van der Waals surface area contributed by atoms with Gasteiger partial charge in [0, 0.05) is 6.42 Å². The molecule has 0 saturated heterocycles. The van der Waals surface area contributed by atoms with Gasteiger partial charge >= 0.3 is 0 Å². The van der Waals surface area contributed by atoms with Crippen molar-refractivity contribution in [2.75, 3.05) is 18.5 Å². The summed E-state index contributed by atoms with van der Waals surface area (Å²) in [7, 11) is 0. The van der Waals surface area contributed by atoms with E-state index >= 15 is 0 Å². The van der Waals surface area contributed by atoms with Crippen LogP contribution < -0.4 is 14.8 Å². The molecule has 0 bridgehead atoms. The van der Waals surface area contributed by atoms with Crippen molar-refractivity contribution in [2.24, 2.45) is 0 Å². The second kappa shape index (κ2) is 9.54. The maximum atomic E-state index is 12.2. The fourth-order valence-corrected chi connectivity index (χ4v) is 2.67. The minimum Gasteiger partial charge on any atom is -0.490 e. The maximum Gasteiger partial charge on any atom is 0.224 e. The first-order chi connectivity index (χ1) is 12.0. The Morgan fingerprint density at radius 1 is 1.04 bits per heavy atom. The Labute approximate surface area is 158 Å². The van der Waals surface area contributed by atoms with Crippen LogP contribution in [0.1, 0.15) is 25.8 Å². The predicted octanol–water partition coefficient (Wildman–Crippen LogP) is 5.36. The summed E-state index contributed by atoms with van der Waals surface area (Å²) in [6.07, 6.45) is 0.902. The monoisotopic (exact) mass is 381 g/mol. The van der Waals surface area contributed by atoms with Gasteiger partial charge in [-0.1, -0.05) is 35.3 Å². The SMILES string of the molecule is CCOc1ccc(CCC(=O)Nc2cccc(Cl)c2Cl)cc1OCC. The maximum absolute atomic E-state index is 12.2. The molecule has 25 heavy (non-hydrogen) atoms. The van der Waals surface area contributed by atoms with Gasteiger partial charge in [-0.3, -0.25) is 4.79 Å². The highest BCUT2D eigenvalue weighted by Gasteiger charge is 2.10. The Bertz CT molecular complexity index is 735. The number of ether oxygens (including phenoxy) is 2. The fraction of sp³-hybridized carbons (Fsp3) is 0.316. The number of amides is 1. The molecular formula is C19H21Cl2NO3. The summed E-state index contributed by atoms with van der Waals surface area (Å²) in [5.41, 5.74) is 1.51. The molecule has 2 rings (SSSR count). The van der Waals surface area contributed by atoms with E-state index in [0.29, 0.717) is 53.3 Å². The Morgan fingerprint density at radius 2 is 1.76 bits per heavy atom. The van der Waals surface area contributed by atoms with E-state index in [2.05, 4.69) is 5.32 Å². The Hall–Kier alpha value is -1.91. The summed E-state index contributed by atoms with van der Waals surface area (Å²) in [4.78, 5) is 12.2. The van der Waals surface area contributed by atoms with Gasteiger partial charge in [-0.15, -0.1) is 0 Å². The third kappa shape index (κ3) is 5.55. The molecule has 0 aliphatic rings. The van der Waals surface area contributed by atoms with Crippen LogP contribution in [0.15, 0.2) is 36.4 Å². The van der Waals surface area contributed by atoms with Gasteiger partial charge in [0.1, 0.15) is 0 Å². The van der Waals surface area contributed by atoms with Gasteiger partial charge in [0.05, 0.1) is 28.9 Å². The summed E-state index contributed by atoms with van der Waals surface area (Å²) >= 11 is 12.0. The minimum atomic E-state index is -0.129. The zero-order valence-electron chi connectivity index (χ0n) is 14.3. The molecule has 134 valence electrons. The molecular weight excluding hydrogens is 361 g/mol. The van der Waals surface area contributed by atoms with E-state index in [9.17, 15) is 4.79 Å². The second-order valence-corrected chi connectivity index (χ2v) is 6.08. The van der Waals surface area contributed by atoms with Crippen molar-refractivity contribution in [3.63, 3.8) is 0 Å². The highest BCUT2D eigenvalue weighted by molar-refractivity contribution is 6.43. The minimum absolute atomic E-state index is 0.129. The van der Waals surface area contributed by atoms with Crippen LogP contribution in [0.25, 0.3) is 0 Å². The largest absolute Gasteiger partial charge is 0.490 e. The Morgan fingerprint density at radius 3 is 2.48 bits per heavy atom. The number of rotatable bonds is 8. The van der Waals surface area contributed by atoms with E-state index in [1.54, 1.807) is 18.2 Å². The molecule has 0 spiro atoms. The Balaban J connectivity index is 1.99. The summed E-state index contributed by atoms with van der Waals surface area (Å²) in [6.45, 7) is 4.97. The molecule has 0 aliphatic heterocycles. The smallest absolute Gasteiger partial charge is 0.224 e. The molecule has 2 aromatic carbocycles. The molecule has 4 nitrogen and oxygen atoms in total. The van der Waals surface area contributed by atoms with Crippen molar-refractivity contribution < 1.29 is 14.3 Å². The van der Waals surface area contributed by atoms with Crippen LogP contribution in [0.3, 0.4) is 0 Å². The molecule has 1 N–H and O–H groups in total. The summed E-state index contributed by atoms with van der Waals surface area (Å²) < 4.78 is 11.1. The molecule has 0 atom stereocenters.